The highest BCUT2D eigenvalue weighted by atomic mass is 16.5. The molecule has 0 aliphatic rings. The van der Waals surface area contributed by atoms with Crippen molar-refractivity contribution in [3.63, 3.8) is 0 Å². The highest BCUT2D eigenvalue weighted by Crippen LogP contribution is 2.25. The number of carbonyl (C=O) groups is 2. The van der Waals surface area contributed by atoms with Crippen LogP contribution in [0.15, 0.2) is 36.4 Å². The van der Waals surface area contributed by atoms with Crippen molar-refractivity contribution in [3.05, 3.63) is 42.0 Å². The minimum absolute atomic E-state index is 0.0528. The molecule has 2 aromatic carbocycles. The smallest absolute Gasteiger partial charge is 0.342 e. The van der Waals surface area contributed by atoms with Gasteiger partial charge in [0.05, 0.1) is 0 Å². The predicted octanol–water partition coefficient (Wildman–Crippen LogP) is 2.23. The van der Waals surface area contributed by atoms with Crippen molar-refractivity contribution in [2.24, 2.45) is 0 Å². The Kier molecular flexibility index (Phi) is 4.77. The number of benzene rings is 2. The third-order valence-corrected chi connectivity index (χ3v) is 2.99. The summed E-state index contributed by atoms with van der Waals surface area (Å²) in [7, 11) is 0. The fourth-order valence-electron chi connectivity index (χ4n) is 1.92. The highest BCUT2D eigenvalue weighted by molar-refractivity contribution is 5.99. The number of phenolic OH excluding ortho intramolecular Hbond substituents is 1. The topological polar surface area (TPSA) is 75.6 Å². The maximum absolute atomic E-state index is 11.9. The van der Waals surface area contributed by atoms with Crippen LogP contribution in [-0.4, -0.2) is 30.1 Å². The Morgan fingerprint density at radius 2 is 1.86 bits per heavy atom. The Morgan fingerprint density at radius 3 is 2.52 bits per heavy atom. The van der Waals surface area contributed by atoms with E-state index in [1.165, 1.54) is 6.07 Å². The van der Waals surface area contributed by atoms with E-state index >= 15 is 0 Å². The normalized spacial score (nSPS) is 10.3. The lowest BCUT2D eigenvalue weighted by atomic mass is 10.1. The molecule has 21 heavy (non-hydrogen) atoms. The average Bonchev–Trinajstić information content (AvgIpc) is 2.49. The molecular formula is C16H17NO4. The van der Waals surface area contributed by atoms with Gasteiger partial charge >= 0.3 is 5.97 Å². The molecular weight excluding hydrogens is 270 g/mol. The van der Waals surface area contributed by atoms with Crippen LogP contribution in [0, 0.1) is 0 Å². The fraction of sp³-hybridized carbons (Fsp3) is 0.250. The summed E-state index contributed by atoms with van der Waals surface area (Å²) in [4.78, 5) is 23.3. The largest absolute Gasteiger partial charge is 0.507 e. The summed E-state index contributed by atoms with van der Waals surface area (Å²) in [5.41, 5.74) is 0.0528. The third-order valence-electron chi connectivity index (χ3n) is 2.99. The maximum atomic E-state index is 11.9. The Morgan fingerprint density at radius 1 is 1.19 bits per heavy atom. The van der Waals surface area contributed by atoms with Crippen molar-refractivity contribution >= 4 is 22.6 Å². The zero-order valence-corrected chi connectivity index (χ0v) is 11.8. The van der Waals surface area contributed by atoms with Gasteiger partial charge in [-0.15, -0.1) is 0 Å². The van der Waals surface area contributed by atoms with Crippen molar-refractivity contribution in [3.8, 4) is 5.75 Å². The number of phenols is 1. The highest BCUT2D eigenvalue weighted by Gasteiger charge is 2.15. The monoisotopic (exact) mass is 287 g/mol. The van der Waals surface area contributed by atoms with Gasteiger partial charge in [-0.05, 0) is 29.3 Å². The number of nitrogens with one attached hydrogen (secondary N) is 1. The second-order valence-electron chi connectivity index (χ2n) is 4.64. The zero-order chi connectivity index (χ0) is 15.2. The van der Waals surface area contributed by atoms with Gasteiger partial charge in [0, 0.05) is 6.54 Å². The molecule has 0 bridgehead atoms. The second kappa shape index (κ2) is 6.74. The number of esters is 1. The van der Waals surface area contributed by atoms with E-state index in [2.05, 4.69) is 5.32 Å². The first-order chi connectivity index (χ1) is 10.1. The van der Waals surface area contributed by atoms with E-state index in [1.807, 2.05) is 31.2 Å². The summed E-state index contributed by atoms with van der Waals surface area (Å²) in [5.74, 6) is -1.23. The van der Waals surface area contributed by atoms with Crippen LogP contribution in [0.4, 0.5) is 0 Å². The van der Waals surface area contributed by atoms with Gasteiger partial charge in [0.2, 0.25) is 0 Å². The first-order valence-electron chi connectivity index (χ1n) is 6.77. The Labute approximate surface area is 122 Å². The lowest BCUT2D eigenvalue weighted by molar-refractivity contribution is -0.124. The van der Waals surface area contributed by atoms with E-state index in [1.54, 1.807) is 6.07 Å². The van der Waals surface area contributed by atoms with Crippen molar-refractivity contribution in [1.82, 2.24) is 5.32 Å². The van der Waals surface area contributed by atoms with Crippen LogP contribution in [-0.2, 0) is 9.53 Å². The summed E-state index contributed by atoms with van der Waals surface area (Å²) in [6.45, 7) is 2.11. The standard InChI is InChI=1S/C16H17NO4/c1-2-7-17-15(19)10-21-16(20)13-8-11-5-3-4-6-12(11)9-14(13)18/h3-6,8-9,18H,2,7,10H2,1H3,(H,17,19). The van der Waals surface area contributed by atoms with Gasteiger partial charge in [-0.25, -0.2) is 4.79 Å². The number of aromatic hydroxyl groups is 1. The molecule has 0 aliphatic carbocycles. The molecule has 1 amide bonds. The van der Waals surface area contributed by atoms with Crippen molar-refractivity contribution < 1.29 is 19.4 Å². The van der Waals surface area contributed by atoms with Crippen molar-refractivity contribution in [2.75, 3.05) is 13.2 Å². The van der Waals surface area contributed by atoms with Gasteiger partial charge in [0.1, 0.15) is 11.3 Å². The maximum Gasteiger partial charge on any atom is 0.342 e. The van der Waals surface area contributed by atoms with Gasteiger partial charge in [-0.1, -0.05) is 31.2 Å². The van der Waals surface area contributed by atoms with E-state index in [-0.39, 0.29) is 23.8 Å². The number of carbonyl (C=O) groups excluding carboxylic acids is 2. The predicted molar refractivity (Wildman–Crippen MR) is 79.2 cm³/mol. The van der Waals surface area contributed by atoms with Crippen LogP contribution in [0.2, 0.25) is 0 Å². The minimum Gasteiger partial charge on any atom is -0.507 e. The molecule has 2 aromatic rings. The molecule has 2 rings (SSSR count). The number of fused-ring (bicyclic) bond motifs is 1. The van der Waals surface area contributed by atoms with E-state index in [0.29, 0.717) is 6.54 Å². The zero-order valence-electron chi connectivity index (χ0n) is 11.8. The minimum atomic E-state index is -0.718. The van der Waals surface area contributed by atoms with Gasteiger partial charge in [0.15, 0.2) is 6.61 Å². The van der Waals surface area contributed by atoms with E-state index in [9.17, 15) is 14.7 Å². The summed E-state index contributed by atoms with van der Waals surface area (Å²) in [6.07, 6.45) is 0.811. The lowest BCUT2D eigenvalue weighted by Crippen LogP contribution is -2.29. The molecule has 0 atom stereocenters. The first-order valence-corrected chi connectivity index (χ1v) is 6.77. The number of ether oxygens (including phenoxy) is 1. The molecule has 5 heteroatoms. The lowest BCUT2D eigenvalue weighted by Gasteiger charge is -2.08. The Bertz CT molecular complexity index is 666. The molecule has 0 aliphatic heterocycles. The van der Waals surface area contributed by atoms with Gasteiger partial charge in [-0.3, -0.25) is 4.79 Å². The van der Waals surface area contributed by atoms with Crippen molar-refractivity contribution in [2.45, 2.75) is 13.3 Å². The third kappa shape index (κ3) is 3.72. The van der Waals surface area contributed by atoms with Gasteiger partial charge in [0.25, 0.3) is 5.91 Å². The summed E-state index contributed by atoms with van der Waals surface area (Å²) in [6, 6.07) is 10.4. The van der Waals surface area contributed by atoms with Crippen LogP contribution in [0.3, 0.4) is 0 Å². The number of hydrogen-bond acceptors (Lipinski definition) is 4. The summed E-state index contributed by atoms with van der Waals surface area (Å²) >= 11 is 0. The van der Waals surface area contributed by atoms with E-state index in [4.69, 9.17) is 4.74 Å². The van der Waals surface area contributed by atoms with Crippen LogP contribution in [0.5, 0.6) is 5.75 Å². The van der Waals surface area contributed by atoms with Crippen LogP contribution in [0.25, 0.3) is 10.8 Å². The number of amides is 1. The molecule has 0 unspecified atom stereocenters. The quantitative estimate of drug-likeness (QED) is 0.827. The van der Waals surface area contributed by atoms with Crippen LogP contribution in [0.1, 0.15) is 23.7 Å². The van der Waals surface area contributed by atoms with Gasteiger partial charge in [-0.2, -0.15) is 0 Å². The fourth-order valence-corrected chi connectivity index (χ4v) is 1.92. The Balaban J connectivity index is 2.08. The molecule has 2 N–H and O–H groups in total. The average molecular weight is 287 g/mol. The molecule has 0 heterocycles. The molecule has 0 spiro atoms. The van der Waals surface area contributed by atoms with Gasteiger partial charge < -0.3 is 15.2 Å². The molecule has 5 nitrogen and oxygen atoms in total. The second-order valence-corrected chi connectivity index (χ2v) is 4.64. The van der Waals surface area contributed by atoms with Crippen LogP contribution >= 0.6 is 0 Å². The molecule has 0 fully saturated rings. The van der Waals surface area contributed by atoms with E-state index in [0.717, 1.165) is 17.2 Å². The molecule has 110 valence electrons. The molecule has 0 aromatic heterocycles. The number of rotatable bonds is 5. The Hall–Kier alpha value is -2.56. The summed E-state index contributed by atoms with van der Waals surface area (Å²) in [5, 5.41) is 14.1. The van der Waals surface area contributed by atoms with Crippen LogP contribution < -0.4 is 5.32 Å². The SMILES string of the molecule is CCCNC(=O)COC(=O)c1cc2ccccc2cc1O. The molecule has 0 radical (unpaired) electrons. The first kappa shape index (κ1) is 14.8. The molecule has 0 saturated heterocycles. The molecule has 0 saturated carbocycles. The summed E-state index contributed by atoms with van der Waals surface area (Å²) < 4.78 is 4.91. The number of hydrogen-bond donors (Lipinski definition) is 2. The van der Waals surface area contributed by atoms with E-state index < -0.39 is 5.97 Å². The van der Waals surface area contributed by atoms with Crippen molar-refractivity contribution in [1.29, 1.82) is 0 Å².